The lowest BCUT2D eigenvalue weighted by molar-refractivity contribution is -0.121. The summed E-state index contributed by atoms with van der Waals surface area (Å²) in [4.78, 5) is 14.5. The molecule has 0 N–H and O–H groups in total. The maximum atomic E-state index is 12.8. The molecule has 0 fully saturated rings. The number of hydrogen-bond acceptors (Lipinski definition) is 3. The average molecular weight is 364 g/mol. The molecule has 6 heteroatoms. The maximum Gasteiger partial charge on any atom is 0.238 e. The fourth-order valence-electron chi connectivity index (χ4n) is 3.19. The molecule has 1 unspecified atom stereocenters. The Morgan fingerprint density at radius 3 is 2.38 bits per heavy atom. The van der Waals surface area contributed by atoms with Gasteiger partial charge in [-0.2, -0.15) is 0 Å². The first-order valence-corrected chi connectivity index (χ1v) is 9.56. The molecule has 1 aliphatic rings. The van der Waals surface area contributed by atoms with Crippen LogP contribution < -0.4 is 4.90 Å². The molecule has 2 aromatic rings. The van der Waals surface area contributed by atoms with E-state index in [1.807, 2.05) is 6.92 Å². The van der Waals surface area contributed by atoms with Gasteiger partial charge in [0.2, 0.25) is 5.91 Å². The number of anilines is 1. The van der Waals surface area contributed by atoms with Gasteiger partial charge in [0.25, 0.3) is 0 Å². The van der Waals surface area contributed by atoms with Gasteiger partial charge in [-0.25, -0.2) is 8.42 Å². The molecule has 24 heavy (non-hydrogen) atoms. The Morgan fingerprint density at radius 1 is 1.12 bits per heavy atom. The molecule has 0 aliphatic carbocycles. The van der Waals surface area contributed by atoms with E-state index in [0.717, 1.165) is 5.56 Å². The molecular weight excluding hydrogens is 346 g/mol. The highest BCUT2D eigenvalue weighted by Gasteiger charge is 2.49. The number of carbonyl (C=O) groups excluding carboxylic acids is 1. The van der Waals surface area contributed by atoms with E-state index in [1.54, 1.807) is 56.4 Å². The summed E-state index contributed by atoms with van der Waals surface area (Å²) >= 11 is 6.07. The average Bonchev–Trinajstić information content (AvgIpc) is 2.69. The molecule has 4 nitrogen and oxygen atoms in total. The van der Waals surface area contributed by atoms with Crippen molar-refractivity contribution in [2.45, 2.75) is 24.2 Å². The summed E-state index contributed by atoms with van der Waals surface area (Å²) in [6.07, 6.45) is 0. The largest absolute Gasteiger partial charge is 0.314 e. The normalized spacial score (nSPS) is 20.3. The number of halogens is 1. The molecule has 0 radical (unpaired) electrons. The van der Waals surface area contributed by atoms with Crippen LogP contribution in [0.4, 0.5) is 5.69 Å². The summed E-state index contributed by atoms with van der Waals surface area (Å²) in [5.74, 6) is -0.532. The Balaban J connectivity index is 2.07. The van der Waals surface area contributed by atoms with Gasteiger partial charge in [0.1, 0.15) is 0 Å². The Labute approximate surface area is 147 Å². The Hall–Kier alpha value is -1.85. The van der Waals surface area contributed by atoms with Crippen molar-refractivity contribution < 1.29 is 13.2 Å². The van der Waals surface area contributed by atoms with E-state index in [1.165, 1.54) is 4.90 Å². The molecule has 1 amide bonds. The van der Waals surface area contributed by atoms with E-state index >= 15 is 0 Å². The number of sulfone groups is 1. The number of hydrogen-bond donors (Lipinski definition) is 0. The molecule has 0 aromatic heterocycles. The van der Waals surface area contributed by atoms with Crippen LogP contribution in [-0.4, -0.2) is 27.1 Å². The number of benzene rings is 2. The highest BCUT2D eigenvalue weighted by atomic mass is 35.5. The molecular formula is C18H18ClNO3S. The first-order valence-electron chi connectivity index (χ1n) is 7.53. The van der Waals surface area contributed by atoms with Crippen LogP contribution in [-0.2, 0) is 20.0 Å². The molecule has 126 valence electrons. The SMILES string of the molecule is Cc1ccc(S(=O)(=O)CC2(C)C(=O)N(C)c3ccc(Cl)cc32)cc1. The summed E-state index contributed by atoms with van der Waals surface area (Å²) in [7, 11) is -1.97. The molecule has 1 heterocycles. The standard InChI is InChI=1S/C18H18ClNO3S/c1-12-4-7-14(8-5-12)24(22,23)11-18(2)15-10-13(19)6-9-16(15)20(3)17(18)21/h4-10H,11H2,1-3H3. The predicted molar refractivity (Wildman–Crippen MR) is 95.4 cm³/mol. The Kier molecular flexibility index (Phi) is 3.97. The van der Waals surface area contributed by atoms with Crippen molar-refractivity contribution in [2.24, 2.45) is 0 Å². The van der Waals surface area contributed by atoms with Crippen molar-refractivity contribution in [3.63, 3.8) is 0 Å². The predicted octanol–water partition coefficient (Wildman–Crippen LogP) is 3.36. The van der Waals surface area contributed by atoms with Crippen molar-refractivity contribution in [2.75, 3.05) is 17.7 Å². The number of aryl methyl sites for hydroxylation is 1. The third-order valence-corrected chi connectivity index (χ3v) is 6.73. The highest BCUT2D eigenvalue weighted by Crippen LogP contribution is 2.43. The zero-order chi connectivity index (χ0) is 17.7. The van der Waals surface area contributed by atoms with Gasteiger partial charge in [-0.15, -0.1) is 0 Å². The van der Waals surface area contributed by atoms with Crippen LogP contribution in [0.1, 0.15) is 18.1 Å². The molecule has 2 aromatic carbocycles. The van der Waals surface area contributed by atoms with E-state index in [0.29, 0.717) is 16.3 Å². The number of nitrogens with zero attached hydrogens (tertiary/aromatic N) is 1. The summed E-state index contributed by atoms with van der Waals surface area (Å²) in [6, 6.07) is 11.8. The number of amides is 1. The van der Waals surface area contributed by atoms with E-state index < -0.39 is 15.3 Å². The van der Waals surface area contributed by atoms with Crippen molar-refractivity contribution >= 4 is 33.0 Å². The zero-order valence-electron chi connectivity index (χ0n) is 13.7. The lowest BCUT2D eigenvalue weighted by Crippen LogP contribution is -2.41. The summed E-state index contributed by atoms with van der Waals surface area (Å²) < 4.78 is 25.7. The van der Waals surface area contributed by atoms with Gasteiger partial charge in [0.05, 0.1) is 16.1 Å². The summed E-state index contributed by atoms with van der Waals surface area (Å²) in [5.41, 5.74) is 1.18. The number of fused-ring (bicyclic) bond motifs is 1. The maximum absolute atomic E-state index is 12.8. The number of rotatable bonds is 3. The molecule has 1 aliphatic heterocycles. The van der Waals surface area contributed by atoms with Gasteiger partial charge < -0.3 is 4.90 Å². The first-order chi connectivity index (χ1) is 11.1. The fourth-order valence-corrected chi connectivity index (χ4v) is 5.11. The van der Waals surface area contributed by atoms with Crippen LogP contribution in [0.2, 0.25) is 5.02 Å². The monoisotopic (exact) mass is 363 g/mol. The van der Waals surface area contributed by atoms with E-state index in [9.17, 15) is 13.2 Å². The minimum Gasteiger partial charge on any atom is -0.314 e. The van der Waals surface area contributed by atoms with Crippen molar-refractivity contribution in [1.29, 1.82) is 0 Å². The molecule has 0 bridgehead atoms. The Morgan fingerprint density at radius 2 is 1.75 bits per heavy atom. The number of likely N-dealkylation sites (N-methyl/N-ethyl adjacent to an activating group) is 1. The summed E-state index contributed by atoms with van der Waals surface area (Å²) in [5, 5.41) is 0.482. The van der Waals surface area contributed by atoms with Crippen molar-refractivity contribution in [1.82, 2.24) is 0 Å². The minimum atomic E-state index is -3.62. The third-order valence-electron chi connectivity index (χ3n) is 4.55. The fraction of sp³-hybridized carbons (Fsp3) is 0.278. The van der Waals surface area contributed by atoms with Gasteiger partial charge in [0.15, 0.2) is 9.84 Å². The summed E-state index contributed by atoms with van der Waals surface area (Å²) in [6.45, 7) is 3.56. The van der Waals surface area contributed by atoms with E-state index in [-0.39, 0.29) is 16.6 Å². The van der Waals surface area contributed by atoms with Crippen molar-refractivity contribution in [3.05, 3.63) is 58.6 Å². The first kappa shape index (κ1) is 17.0. The smallest absolute Gasteiger partial charge is 0.238 e. The zero-order valence-corrected chi connectivity index (χ0v) is 15.3. The van der Waals surface area contributed by atoms with Crippen LogP contribution in [0.5, 0.6) is 0 Å². The third kappa shape index (κ3) is 2.62. The van der Waals surface area contributed by atoms with Gasteiger partial charge in [-0.3, -0.25) is 4.79 Å². The molecule has 1 atom stereocenters. The van der Waals surface area contributed by atoms with Crippen LogP contribution in [0.15, 0.2) is 47.4 Å². The lowest BCUT2D eigenvalue weighted by Gasteiger charge is -2.23. The molecule has 3 rings (SSSR count). The van der Waals surface area contributed by atoms with Gasteiger partial charge in [-0.05, 0) is 49.7 Å². The van der Waals surface area contributed by atoms with Gasteiger partial charge >= 0.3 is 0 Å². The van der Waals surface area contributed by atoms with E-state index in [4.69, 9.17) is 11.6 Å². The minimum absolute atomic E-state index is 0.222. The van der Waals surface area contributed by atoms with Crippen molar-refractivity contribution in [3.8, 4) is 0 Å². The van der Waals surface area contributed by atoms with Crippen LogP contribution >= 0.6 is 11.6 Å². The topological polar surface area (TPSA) is 54.5 Å². The van der Waals surface area contributed by atoms with Gasteiger partial charge in [-0.1, -0.05) is 29.3 Å². The second-order valence-electron chi connectivity index (χ2n) is 6.43. The van der Waals surface area contributed by atoms with Crippen LogP contribution in [0.25, 0.3) is 0 Å². The van der Waals surface area contributed by atoms with Crippen LogP contribution in [0.3, 0.4) is 0 Å². The second-order valence-corrected chi connectivity index (χ2v) is 8.86. The second kappa shape index (κ2) is 5.60. The van der Waals surface area contributed by atoms with Crippen LogP contribution in [0, 0.1) is 6.92 Å². The molecule has 0 saturated heterocycles. The van der Waals surface area contributed by atoms with E-state index in [2.05, 4.69) is 0 Å². The number of carbonyl (C=O) groups is 1. The van der Waals surface area contributed by atoms with Gasteiger partial charge in [0, 0.05) is 17.8 Å². The Bertz CT molecular complexity index is 922. The molecule has 0 spiro atoms. The highest BCUT2D eigenvalue weighted by molar-refractivity contribution is 7.91. The quantitative estimate of drug-likeness (QED) is 0.840. The molecule has 0 saturated carbocycles. The lowest BCUT2D eigenvalue weighted by atomic mass is 9.86.